The zero-order valence-corrected chi connectivity index (χ0v) is 13.7. The summed E-state index contributed by atoms with van der Waals surface area (Å²) in [4.78, 5) is 37.2. The predicted octanol–water partition coefficient (Wildman–Crippen LogP) is 0.727. The molecule has 2 aliphatic heterocycles. The van der Waals surface area contributed by atoms with Crippen LogP contribution in [0.15, 0.2) is 11.3 Å². The molecule has 8 heteroatoms. The highest BCUT2D eigenvalue weighted by molar-refractivity contribution is 6.17. The Bertz CT molecular complexity index is 563. The summed E-state index contributed by atoms with van der Waals surface area (Å²) in [7, 11) is 1.13. The molecule has 2 rings (SSSR count). The second-order valence-corrected chi connectivity index (χ2v) is 6.65. The van der Waals surface area contributed by atoms with Crippen LogP contribution in [0.1, 0.15) is 27.2 Å². The molecular weight excluding hydrogens is 304 g/mol. The Labute approximate surface area is 134 Å². The van der Waals surface area contributed by atoms with E-state index in [1.54, 1.807) is 20.8 Å². The maximum atomic E-state index is 12.2. The molecule has 0 spiro atoms. The number of fused-ring (bicyclic) bond motifs is 1. The summed E-state index contributed by atoms with van der Waals surface area (Å²) in [6, 6.07) is -0.324. The summed E-state index contributed by atoms with van der Waals surface area (Å²) in [6.07, 6.45) is -0.0194. The van der Waals surface area contributed by atoms with Gasteiger partial charge in [-0.2, -0.15) is 0 Å². The zero-order chi connectivity index (χ0) is 17.4. The van der Waals surface area contributed by atoms with E-state index in [2.05, 4.69) is 10.1 Å². The Morgan fingerprint density at radius 3 is 2.57 bits per heavy atom. The van der Waals surface area contributed by atoms with Gasteiger partial charge in [-0.05, 0) is 27.2 Å². The number of esters is 1. The van der Waals surface area contributed by atoms with Gasteiger partial charge in [-0.25, -0.2) is 9.59 Å². The molecule has 1 fully saturated rings. The van der Waals surface area contributed by atoms with Crippen LogP contribution in [0, 0.1) is 5.92 Å². The minimum atomic E-state index is -0.896. The van der Waals surface area contributed by atoms with Gasteiger partial charge in [0, 0.05) is 19.1 Å². The molecule has 2 N–H and O–H groups in total. The molecule has 2 aliphatic rings. The lowest BCUT2D eigenvalue weighted by molar-refractivity contribution is -0.139. The van der Waals surface area contributed by atoms with E-state index in [9.17, 15) is 19.5 Å². The van der Waals surface area contributed by atoms with Crippen LogP contribution in [0.3, 0.4) is 0 Å². The molecule has 0 saturated carbocycles. The molecular formula is C15H22N2O6. The molecule has 0 aromatic rings. The van der Waals surface area contributed by atoms with Gasteiger partial charge in [0.15, 0.2) is 5.57 Å². The van der Waals surface area contributed by atoms with Crippen LogP contribution in [0.2, 0.25) is 0 Å². The number of methoxy groups -OCH3 is 1. The number of amides is 2. The van der Waals surface area contributed by atoms with Gasteiger partial charge in [0.25, 0.3) is 5.91 Å². The lowest BCUT2D eigenvalue weighted by atomic mass is 9.85. The third-order valence-corrected chi connectivity index (χ3v) is 3.80. The van der Waals surface area contributed by atoms with Crippen LogP contribution in [0.25, 0.3) is 0 Å². The molecule has 0 radical (unpaired) electrons. The summed E-state index contributed by atoms with van der Waals surface area (Å²) in [5.74, 6) is -2.43. The van der Waals surface area contributed by atoms with Crippen molar-refractivity contribution in [3.8, 4) is 0 Å². The Balaban J connectivity index is 2.20. The quantitative estimate of drug-likeness (QED) is 0.543. The first-order valence-electron chi connectivity index (χ1n) is 7.44. The highest BCUT2D eigenvalue weighted by atomic mass is 16.6. The predicted molar refractivity (Wildman–Crippen MR) is 79.5 cm³/mol. The first-order chi connectivity index (χ1) is 10.6. The Morgan fingerprint density at radius 1 is 1.35 bits per heavy atom. The third-order valence-electron chi connectivity index (χ3n) is 3.80. The molecule has 128 valence electrons. The molecule has 2 amide bonds. The number of aliphatic hydroxyl groups excluding tert-OH is 1. The first-order valence-corrected chi connectivity index (χ1v) is 7.44. The fraction of sp³-hybridized carbons (Fsp3) is 0.667. The number of ether oxygens (including phenoxy) is 2. The van der Waals surface area contributed by atoms with Crippen molar-refractivity contribution in [2.75, 3.05) is 20.2 Å². The SMILES string of the molecule is COC(=O)C1=C(O)C2CN(C(=O)OC(C)(C)C)CCC2NC1=O. The Kier molecular flexibility index (Phi) is 4.53. The van der Waals surface area contributed by atoms with Gasteiger partial charge < -0.3 is 24.8 Å². The molecule has 2 atom stereocenters. The van der Waals surface area contributed by atoms with Gasteiger partial charge in [-0.1, -0.05) is 0 Å². The van der Waals surface area contributed by atoms with E-state index >= 15 is 0 Å². The minimum absolute atomic E-state index is 0.159. The second-order valence-electron chi connectivity index (χ2n) is 6.65. The van der Waals surface area contributed by atoms with E-state index in [1.807, 2.05) is 0 Å². The van der Waals surface area contributed by atoms with Crippen molar-refractivity contribution in [3.05, 3.63) is 11.3 Å². The second kappa shape index (κ2) is 6.10. The number of piperidine rings is 1. The summed E-state index contributed by atoms with van der Waals surface area (Å²) in [5.41, 5.74) is -1.02. The number of likely N-dealkylation sites (tertiary alicyclic amines) is 1. The van der Waals surface area contributed by atoms with Gasteiger partial charge in [0.05, 0.1) is 13.0 Å². The smallest absolute Gasteiger partial charge is 0.410 e. The lowest BCUT2D eigenvalue weighted by Gasteiger charge is -2.41. The standard InChI is InChI=1S/C15H22N2O6/c1-15(2,3)23-14(21)17-6-5-9-8(7-17)11(18)10(12(19)16-9)13(20)22-4/h8-9,18H,5-7H2,1-4H3,(H,16,19). The summed E-state index contributed by atoms with van der Waals surface area (Å²) in [6.45, 7) is 5.87. The number of carbonyl (C=O) groups is 3. The van der Waals surface area contributed by atoms with Crippen LogP contribution in [-0.2, 0) is 19.1 Å². The molecule has 1 saturated heterocycles. The minimum Gasteiger partial charge on any atom is -0.511 e. The average Bonchev–Trinajstić information content (AvgIpc) is 2.44. The molecule has 0 aromatic heterocycles. The highest BCUT2D eigenvalue weighted by Gasteiger charge is 2.43. The largest absolute Gasteiger partial charge is 0.511 e. The number of nitrogens with zero attached hydrogens (tertiary/aromatic N) is 1. The highest BCUT2D eigenvalue weighted by Crippen LogP contribution is 2.30. The van der Waals surface area contributed by atoms with Crippen LogP contribution in [0.5, 0.6) is 0 Å². The van der Waals surface area contributed by atoms with Crippen LogP contribution < -0.4 is 5.32 Å². The number of hydrogen-bond donors (Lipinski definition) is 2. The van der Waals surface area contributed by atoms with Crippen LogP contribution in [0.4, 0.5) is 4.79 Å². The van der Waals surface area contributed by atoms with Gasteiger partial charge in [0.1, 0.15) is 11.4 Å². The van der Waals surface area contributed by atoms with Crippen molar-refractivity contribution in [1.82, 2.24) is 10.2 Å². The fourth-order valence-electron chi connectivity index (χ4n) is 2.74. The Morgan fingerprint density at radius 2 is 2.00 bits per heavy atom. The molecule has 23 heavy (non-hydrogen) atoms. The topological polar surface area (TPSA) is 105 Å². The van der Waals surface area contributed by atoms with E-state index in [4.69, 9.17) is 4.74 Å². The van der Waals surface area contributed by atoms with Gasteiger partial charge in [0.2, 0.25) is 0 Å². The monoisotopic (exact) mass is 326 g/mol. The summed E-state index contributed by atoms with van der Waals surface area (Å²) < 4.78 is 9.85. The number of hydrogen-bond acceptors (Lipinski definition) is 6. The lowest BCUT2D eigenvalue weighted by Crippen LogP contribution is -2.57. The summed E-state index contributed by atoms with van der Waals surface area (Å²) >= 11 is 0. The van der Waals surface area contributed by atoms with Crippen molar-refractivity contribution in [2.24, 2.45) is 5.92 Å². The van der Waals surface area contributed by atoms with Crippen molar-refractivity contribution in [1.29, 1.82) is 0 Å². The van der Waals surface area contributed by atoms with E-state index in [-0.39, 0.29) is 18.3 Å². The number of aliphatic hydroxyl groups is 1. The zero-order valence-electron chi connectivity index (χ0n) is 13.7. The van der Waals surface area contributed by atoms with E-state index in [0.29, 0.717) is 13.0 Å². The van der Waals surface area contributed by atoms with Crippen molar-refractivity contribution in [3.63, 3.8) is 0 Å². The maximum absolute atomic E-state index is 12.2. The van der Waals surface area contributed by atoms with Gasteiger partial charge in [-0.15, -0.1) is 0 Å². The van der Waals surface area contributed by atoms with Gasteiger partial charge in [-0.3, -0.25) is 4.79 Å². The first kappa shape index (κ1) is 17.1. The average molecular weight is 326 g/mol. The maximum Gasteiger partial charge on any atom is 0.410 e. The number of carbonyl (C=O) groups excluding carboxylic acids is 3. The fourth-order valence-corrected chi connectivity index (χ4v) is 2.74. The van der Waals surface area contributed by atoms with E-state index < -0.39 is 35.1 Å². The van der Waals surface area contributed by atoms with Crippen LogP contribution in [-0.4, -0.2) is 59.8 Å². The van der Waals surface area contributed by atoms with E-state index in [1.165, 1.54) is 4.90 Å². The number of rotatable bonds is 1. The van der Waals surface area contributed by atoms with Gasteiger partial charge >= 0.3 is 12.1 Å². The normalized spacial score (nSPS) is 24.7. The molecule has 0 bridgehead atoms. The van der Waals surface area contributed by atoms with Crippen molar-refractivity contribution >= 4 is 18.0 Å². The van der Waals surface area contributed by atoms with E-state index in [0.717, 1.165) is 7.11 Å². The third kappa shape index (κ3) is 3.57. The summed E-state index contributed by atoms with van der Waals surface area (Å²) in [5, 5.41) is 13.0. The molecule has 0 aliphatic carbocycles. The van der Waals surface area contributed by atoms with Crippen molar-refractivity contribution in [2.45, 2.75) is 38.8 Å². The van der Waals surface area contributed by atoms with Crippen LogP contribution >= 0.6 is 0 Å². The molecule has 2 unspecified atom stereocenters. The number of nitrogens with one attached hydrogen (secondary N) is 1. The molecule has 8 nitrogen and oxygen atoms in total. The van der Waals surface area contributed by atoms with Crippen molar-refractivity contribution < 1.29 is 29.0 Å². The molecule has 2 heterocycles. The Hall–Kier alpha value is -2.25. The molecule has 0 aromatic carbocycles.